The van der Waals surface area contributed by atoms with E-state index in [1.165, 1.54) is 18.4 Å². The fourth-order valence-electron chi connectivity index (χ4n) is 3.89. The van der Waals surface area contributed by atoms with Gasteiger partial charge in [0.05, 0.1) is 22.5 Å². The number of sulfonamides is 1. The lowest BCUT2D eigenvalue weighted by Crippen LogP contribution is -2.27. The van der Waals surface area contributed by atoms with E-state index < -0.39 is 10.0 Å². The van der Waals surface area contributed by atoms with E-state index >= 15 is 0 Å². The highest BCUT2D eigenvalue weighted by atomic mass is 32.2. The smallest absolute Gasteiger partial charge is 0.242 e. The van der Waals surface area contributed by atoms with Crippen molar-refractivity contribution in [1.29, 1.82) is 0 Å². The minimum atomic E-state index is -3.52. The summed E-state index contributed by atoms with van der Waals surface area (Å²) in [5.41, 5.74) is 3.73. The molecule has 1 fully saturated rings. The zero-order chi connectivity index (χ0) is 24.0. The molecule has 34 heavy (non-hydrogen) atoms. The van der Waals surface area contributed by atoms with Gasteiger partial charge in [-0.15, -0.1) is 0 Å². The van der Waals surface area contributed by atoms with Crippen molar-refractivity contribution in [3.63, 3.8) is 0 Å². The minimum absolute atomic E-state index is 0.00861. The second kappa shape index (κ2) is 8.41. The van der Waals surface area contributed by atoms with Gasteiger partial charge < -0.3 is 9.47 Å². The van der Waals surface area contributed by atoms with Crippen LogP contribution in [-0.2, 0) is 14.8 Å². The number of nitrogens with zero attached hydrogens (tertiary/aromatic N) is 3. The highest BCUT2D eigenvalue weighted by molar-refractivity contribution is 7.89. The Balaban J connectivity index is 1.55. The van der Waals surface area contributed by atoms with Gasteiger partial charge in [-0.3, -0.25) is 14.7 Å². The lowest BCUT2D eigenvalue weighted by atomic mass is 10.0. The standard InChI is InChI=1S/C25H25N3O5S/c1-16-22(17-6-9-21(10-7-17)34(30,31)27(2)3)12-20(14-26-16)28(25(29)18-4-5-18)19-8-11-23-24(13-19)33-15-32-23/h6-14,18H,4-5,15H2,1-3H3. The summed E-state index contributed by atoms with van der Waals surface area (Å²) in [6, 6.07) is 14.1. The van der Waals surface area contributed by atoms with E-state index in [2.05, 4.69) is 4.98 Å². The van der Waals surface area contributed by atoms with Crippen molar-refractivity contribution < 1.29 is 22.7 Å². The highest BCUT2D eigenvalue weighted by Gasteiger charge is 2.35. The van der Waals surface area contributed by atoms with Crippen LogP contribution in [0.25, 0.3) is 11.1 Å². The number of benzene rings is 2. The highest BCUT2D eigenvalue weighted by Crippen LogP contribution is 2.41. The quantitative estimate of drug-likeness (QED) is 0.529. The van der Waals surface area contributed by atoms with Gasteiger partial charge >= 0.3 is 0 Å². The molecule has 0 radical (unpaired) electrons. The molecule has 1 aromatic heterocycles. The molecule has 1 amide bonds. The zero-order valence-corrected chi connectivity index (χ0v) is 20.0. The monoisotopic (exact) mass is 479 g/mol. The number of pyridine rings is 1. The van der Waals surface area contributed by atoms with E-state index in [9.17, 15) is 13.2 Å². The number of hydrogen-bond donors (Lipinski definition) is 0. The summed E-state index contributed by atoms with van der Waals surface area (Å²) in [5.74, 6) is 1.26. The number of carbonyl (C=O) groups excluding carboxylic acids is 1. The summed E-state index contributed by atoms with van der Waals surface area (Å²) in [7, 11) is -0.515. The minimum Gasteiger partial charge on any atom is -0.454 e. The maximum atomic E-state index is 13.3. The lowest BCUT2D eigenvalue weighted by Gasteiger charge is -2.24. The van der Waals surface area contributed by atoms with Gasteiger partial charge in [0, 0.05) is 37.3 Å². The van der Waals surface area contributed by atoms with Gasteiger partial charge in [0.25, 0.3) is 0 Å². The Morgan fingerprint density at radius 2 is 1.68 bits per heavy atom. The molecule has 9 heteroatoms. The fourth-order valence-corrected chi connectivity index (χ4v) is 4.80. The third-order valence-electron chi connectivity index (χ3n) is 6.04. The van der Waals surface area contributed by atoms with Crippen LogP contribution in [0.2, 0.25) is 0 Å². The molecular weight excluding hydrogens is 454 g/mol. The van der Waals surface area contributed by atoms with E-state index in [4.69, 9.17) is 9.47 Å². The Bertz CT molecular complexity index is 1370. The van der Waals surface area contributed by atoms with Crippen LogP contribution in [0.4, 0.5) is 11.4 Å². The van der Waals surface area contributed by atoms with Crippen molar-refractivity contribution in [3.8, 4) is 22.6 Å². The Morgan fingerprint density at radius 3 is 2.35 bits per heavy atom. The van der Waals surface area contributed by atoms with Crippen molar-refractivity contribution in [3.05, 3.63) is 60.4 Å². The van der Waals surface area contributed by atoms with E-state index in [1.54, 1.807) is 41.4 Å². The number of anilines is 2. The normalized spacial score (nSPS) is 14.9. The summed E-state index contributed by atoms with van der Waals surface area (Å²) in [4.78, 5) is 19.8. The Labute approximate surface area is 198 Å². The molecule has 3 aromatic rings. The van der Waals surface area contributed by atoms with Crippen LogP contribution < -0.4 is 14.4 Å². The number of aryl methyl sites for hydroxylation is 1. The molecule has 2 aliphatic rings. The van der Waals surface area contributed by atoms with Crippen molar-refractivity contribution in [2.45, 2.75) is 24.7 Å². The average molecular weight is 480 g/mol. The van der Waals surface area contributed by atoms with Crippen LogP contribution >= 0.6 is 0 Å². The summed E-state index contributed by atoms with van der Waals surface area (Å²) < 4.78 is 37.0. The van der Waals surface area contributed by atoms with Crippen LogP contribution in [0.1, 0.15) is 18.5 Å². The topological polar surface area (TPSA) is 89.0 Å². The molecule has 1 saturated carbocycles. The zero-order valence-electron chi connectivity index (χ0n) is 19.2. The third-order valence-corrected chi connectivity index (χ3v) is 7.87. The van der Waals surface area contributed by atoms with Crippen LogP contribution in [0.3, 0.4) is 0 Å². The first kappa shape index (κ1) is 22.4. The average Bonchev–Trinajstić information content (AvgIpc) is 3.58. The van der Waals surface area contributed by atoms with E-state index in [-0.39, 0.29) is 23.5 Å². The van der Waals surface area contributed by atoms with Gasteiger partial charge in [0.15, 0.2) is 11.5 Å². The molecule has 0 saturated heterocycles. The first-order valence-corrected chi connectivity index (χ1v) is 12.4. The van der Waals surface area contributed by atoms with Gasteiger partial charge in [0.1, 0.15) is 0 Å². The molecule has 1 aliphatic carbocycles. The molecule has 8 nitrogen and oxygen atoms in total. The first-order chi connectivity index (χ1) is 16.3. The predicted molar refractivity (Wildman–Crippen MR) is 128 cm³/mol. The van der Waals surface area contributed by atoms with E-state index in [0.717, 1.165) is 29.7 Å². The third kappa shape index (κ3) is 4.01. The summed E-state index contributed by atoms with van der Waals surface area (Å²) in [6.45, 7) is 2.04. The second-order valence-corrected chi connectivity index (χ2v) is 10.8. The molecule has 0 atom stereocenters. The molecule has 0 unspecified atom stereocenters. The number of aromatic nitrogens is 1. The number of rotatable bonds is 6. The summed E-state index contributed by atoms with van der Waals surface area (Å²) >= 11 is 0. The SMILES string of the molecule is Cc1ncc(N(C(=O)C2CC2)c2ccc3c(c2)OCO3)cc1-c1ccc(S(=O)(=O)N(C)C)cc1. The maximum Gasteiger partial charge on any atom is 0.242 e. The van der Waals surface area contributed by atoms with Crippen LogP contribution in [-0.4, -0.2) is 44.5 Å². The molecule has 1 aliphatic heterocycles. The summed E-state index contributed by atoms with van der Waals surface area (Å²) in [5, 5.41) is 0. The van der Waals surface area contributed by atoms with Crippen LogP contribution in [0.5, 0.6) is 11.5 Å². The van der Waals surface area contributed by atoms with Gasteiger partial charge in [-0.05, 0) is 55.7 Å². The Hall–Kier alpha value is -3.43. The van der Waals surface area contributed by atoms with Crippen molar-refractivity contribution in [2.24, 2.45) is 5.92 Å². The Morgan fingerprint density at radius 1 is 0.971 bits per heavy atom. The van der Waals surface area contributed by atoms with E-state index in [1.807, 2.05) is 25.1 Å². The maximum absolute atomic E-state index is 13.3. The molecule has 5 rings (SSSR count). The van der Waals surface area contributed by atoms with Crippen molar-refractivity contribution in [2.75, 3.05) is 25.8 Å². The molecule has 0 N–H and O–H groups in total. The van der Waals surface area contributed by atoms with Crippen molar-refractivity contribution >= 4 is 27.3 Å². The Kier molecular flexibility index (Phi) is 5.53. The van der Waals surface area contributed by atoms with E-state index in [0.29, 0.717) is 22.9 Å². The molecule has 0 bridgehead atoms. The number of ether oxygens (including phenoxy) is 2. The molecule has 2 heterocycles. The first-order valence-electron chi connectivity index (χ1n) is 11.0. The number of hydrogen-bond acceptors (Lipinski definition) is 6. The number of carbonyl (C=O) groups is 1. The molecule has 2 aromatic carbocycles. The number of amides is 1. The van der Waals surface area contributed by atoms with Crippen LogP contribution in [0.15, 0.2) is 59.6 Å². The largest absolute Gasteiger partial charge is 0.454 e. The van der Waals surface area contributed by atoms with Gasteiger partial charge in [0.2, 0.25) is 22.7 Å². The van der Waals surface area contributed by atoms with Gasteiger partial charge in [-0.25, -0.2) is 12.7 Å². The molecule has 176 valence electrons. The van der Waals surface area contributed by atoms with Crippen LogP contribution in [0, 0.1) is 12.8 Å². The number of fused-ring (bicyclic) bond motifs is 1. The summed E-state index contributed by atoms with van der Waals surface area (Å²) in [6.07, 6.45) is 3.43. The molecule has 0 spiro atoms. The van der Waals surface area contributed by atoms with Gasteiger partial charge in [-0.2, -0.15) is 0 Å². The lowest BCUT2D eigenvalue weighted by molar-refractivity contribution is -0.119. The van der Waals surface area contributed by atoms with Gasteiger partial charge in [-0.1, -0.05) is 12.1 Å². The molecular formula is C25H25N3O5S. The van der Waals surface area contributed by atoms with Crippen molar-refractivity contribution in [1.82, 2.24) is 9.29 Å². The second-order valence-electron chi connectivity index (χ2n) is 8.62. The predicted octanol–water partition coefficient (Wildman–Crippen LogP) is 4.11. The fraction of sp³-hybridized carbons (Fsp3) is 0.280.